The number of aromatic nitrogens is 1. The Kier molecular flexibility index (Phi) is 2.55. The highest BCUT2D eigenvalue weighted by Gasteiger charge is 2.41. The van der Waals surface area contributed by atoms with E-state index in [1.54, 1.807) is 0 Å². The van der Waals surface area contributed by atoms with Crippen molar-refractivity contribution in [2.24, 2.45) is 17.6 Å². The fraction of sp³-hybridized carbons (Fsp3) is 0.769. The highest BCUT2D eigenvalue weighted by Crippen LogP contribution is 2.53. The molecule has 2 aliphatic rings. The number of fused-ring (bicyclic) bond motifs is 2. The van der Waals surface area contributed by atoms with Crippen LogP contribution in [0.15, 0.2) is 0 Å². The minimum Gasteiger partial charge on any atom is -0.323 e. The summed E-state index contributed by atoms with van der Waals surface area (Å²) in [4.78, 5) is 6.06. The molecule has 0 spiro atoms. The predicted molar refractivity (Wildman–Crippen MR) is 67.6 cm³/mol. The van der Waals surface area contributed by atoms with Crippen LogP contribution in [0, 0.1) is 18.8 Å². The molecule has 4 unspecified atom stereocenters. The fourth-order valence-corrected chi connectivity index (χ4v) is 4.79. The fourth-order valence-electron chi connectivity index (χ4n) is 3.56. The molecule has 88 valence electrons. The molecule has 0 aliphatic heterocycles. The number of nitrogens with zero attached hydrogens (tertiary/aromatic N) is 1. The van der Waals surface area contributed by atoms with Crippen LogP contribution in [-0.4, -0.2) is 4.98 Å². The van der Waals surface area contributed by atoms with Gasteiger partial charge in [-0.25, -0.2) is 4.98 Å². The molecule has 0 amide bonds. The van der Waals surface area contributed by atoms with Gasteiger partial charge in [0.05, 0.1) is 10.7 Å². The first-order chi connectivity index (χ1) is 7.65. The Balaban J connectivity index is 1.87. The molecule has 4 atom stereocenters. The van der Waals surface area contributed by atoms with E-state index in [2.05, 4.69) is 13.8 Å². The van der Waals surface area contributed by atoms with Crippen LogP contribution in [0.3, 0.4) is 0 Å². The number of rotatable bonds is 2. The molecule has 2 aliphatic carbocycles. The molecule has 3 rings (SSSR count). The van der Waals surface area contributed by atoms with Gasteiger partial charge in [-0.2, -0.15) is 0 Å². The number of hydrogen-bond donors (Lipinski definition) is 1. The topological polar surface area (TPSA) is 38.9 Å². The Morgan fingerprint density at radius 2 is 2.19 bits per heavy atom. The van der Waals surface area contributed by atoms with Gasteiger partial charge in [0.25, 0.3) is 0 Å². The maximum atomic E-state index is 5.97. The Bertz CT molecular complexity index is 397. The van der Waals surface area contributed by atoms with Crippen molar-refractivity contribution in [3.05, 3.63) is 15.6 Å². The third kappa shape index (κ3) is 1.61. The van der Waals surface area contributed by atoms with Crippen molar-refractivity contribution in [3.63, 3.8) is 0 Å². The standard InChI is InChI=1S/C13H20N2S/c1-7(14)12-8(2)15-13(16-12)11-6-9-3-4-10(11)5-9/h7,9-11H,3-6,14H2,1-2H3. The number of thiazole rings is 1. The van der Waals surface area contributed by atoms with Crippen molar-refractivity contribution in [1.82, 2.24) is 4.98 Å². The summed E-state index contributed by atoms with van der Waals surface area (Å²) in [6.07, 6.45) is 5.74. The van der Waals surface area contributed by atoms with E-state index in [0.29, 0.717) is 0 Å². The highest BCUT2D eigenvalue weighted by atomic mass is 32.1. The van der Waals surface area contributed by atoms with E-state index < -0.39 is 0 Å². The van der Waals surface area contributed by atoms with Gasteiger partial charge in [-0.15, -0.1) is 11.3 Å². The molecule has 2 bridgehead atoms. The monoisotopic (exact) mass is 236 g/mol. The van der Waals surface area contributed by atoms with Crippen LogP contribution in [0.5, 0.6) is 0 Å². The second kappa shape index (κ2) is 3.81. The molecular formula is C13H20N2S. The van der Waals surface area contributed by atoms with Crippen molar-refractivity contribution in [1.29, 1.82) is 0 Å². The van der Waals surface area contributed by atoms with Gasteiger partial charge in [-0.05, 0) is 44.9 Å². The second-order valence-electron chi connectivity index (χ2n) is 5.57. The van der Waals surface area contributed by atoms with E-state index in [0.717, 1.165) is 23.4 Å². The summed E-state index contributed by atoms with van der Waals surface area (Å²) in [6.45, 7) is 4.16. The molecule has 0 aromatic carbocycles. The van der Waals surface area contributed by atoms with E-state index >= 15 is 0 Å². The van der Waals surface area contributed by atoms with Crippen molar-refractivity contribution >= 4 is 11.3 Å². The van der Waals surface area contributed by atoms with Crippen LogP contribution < -0.4 is 5.73 Å². The van der Waals surface area contributed by atoms with Gasteiger partial charge in [0.2, 0.25) is 0 Å². The van der Waals surface area contributed by atoms with Gasteiger partial charge in [0.15, 0.2) is 0 Å². The van der Waals surface area contributed by atoms with E-state index in [9.17, 15) is 0 Å². The average Bonchev–Trinajstić information content (AvgIpc) is 2.89. The zero-order valence-corrected chi connectivity index (χ0v) is 10.9. The summed E-state index contributed by atoms with van der Waals surface area (Å²) in [7, 11) is 0. The normalized spacial score (nSPS) is 34.6. The van der Waals surface area contributed by atoms with E-state index in [1.807, 2.05) is 11.3 Å². The van der Waals surface area contributed by atoms with E-state index in [-0.39, 0.29) is 6.04 Å². The third-order valence-corrected chi connectivity index (χ3v) is 5.81. The molecule has 2 fully saturated rings. The molecule has 0 saturated heterocycles. The van der Waals surface area contributed by atoms with Crippen molar-refractivity contribution in [3.8, 4) is 0 Å². The molecular weight excluding hydrogens is 216 g/mol. The molecule has 0 radical (unpaired) electrons. The highest BCUT2D eigenvalue weighted by molar-refractivity contribution is 7.11. The molecule has 2 saturated carbocycles. The third-order valence-electron chi connectivity index (χ3n) is 4.32. The number of nitrogens with two attached hydrogens (primary N) is 1. The van der Waals surface area contributed by atoms with E-state index in [4.69, 9.17) is 10.7 Å². The van der Waals surface area contributed by atoms with Crippen molar-refractivity contribution in [2.75, 3.05) is 0 Å². The lowest BCUT2D eigenvalue weighted by molar-refractivity contribution is 0.418. The largest absolute Gasteiger partial charge is 0.323 e. The first-order valence-corrected chi connectivity index (χ1v) is 7.19. The van der Waals surface area contributed by atoms with Gasteiger partial charge in [-0.1, -0.05) is 6.42 Å². The first kappa shape index (κ1) is 10.7. The van der Waals surface area contributed by atoms with Crippen molar-refractivity contribution in [2.45, 2.75) is 51.5 Å². The van der Waals surface area contributed by atoms with Crippen LogP contribution in [0.2, 0.25) is 0 Å². The van der Waals surface area contributed by atoms with Crippen LogP contribution in [0.4, 0.5) is 0 Å². The zero-order chi connectivity index (χ0) is 11.3. The summed E-state index contributed by atoms with van der Waals surface area (Å²) in [5.41, 5.74) is 7.14. The van der Waals surface area contributed by atoms with Gasteiger partial charge < -0.3 is 5.73 Å². The number of hydrogen-bond acceptors (Lipinski definition) is 3. The van der Waals surface area contributed by atoms with Gasteiger partial charge in [-0.3, -0.25) is 0 Å². The van der Waals surface area contributed by atoms with Gasteiger partial charge in [0, 0.05) is 16.8 Å². The smallest absolute Gasteiger partial charge is 0.0965 e. The zero-order valence-electron chi connectivity index (χ0n) is 10.1. The average molecular weight is 236 g/mol. The van der Waals surface area contributed by atoms with Gasteiger partial charge >= 0.3 is 0 Å². The second-order valence-corrected chi connectivity index (χ2v) is 6.63. The summed E-state index contributed by atoms with van der Waals surface area (Å²) in [5, 5.41) is 1.37. The molecule has 2 N–H and O–H groups in total. The molecule has 1 heterocycles. The van der Waals surface area contributed by atoms with Gasteiger partial charge in [0.1, 0.15) is 0 Å². The van der Waals surface area contributed by atoms with E-state index in [1.165, 1.54) is 35.6 Å². The lowest BCUT2D eigenvalue weighted by Gasteiger charge is -2.18. The van der Waals surface area contributed by atoms with Crippen LogP contribution in [0.25, 0.3) is 0 Å². The Morgan fingerprint density at radius 1 is 1.38 bits per heavy atom. The number of aryl methyl sites for hydroxylation is 1. The van der Waals surface area contributed by atoms with Crippen LogP contribution >= 0.6 is 11.3 Å². The summed E-state index contributed by atoms with van der Waals surface area (Å²) in [6, 6.07) is 0.143. The molecule has 2 nitrogen and oxygen atoms in total. The Hall–Kier alpha value is -0.410. The lowest BCUT2D eigenvalue weighted by atomic mass is 9.89. The lowest BCUT2D eigenvalue weighted by Crippen LogP contribution is -2.07. The minimum absolute atomic E-state index is 0.143. The predicted octanol–water partition coefficient (Wildman–Crippen LogP) is 3.37. The van der Waals surface area contributed by atoms with Crippen LogP contribution in [-0.2, 0) is 0 Å². The summed E-state index contributed by atoms with van der Waals surface area (Å²) < 4.78 is 0. The summed E-state index contributed by atoms with van der Waals surface area (Å²) in [5.74, 6) is 2.68. The summed E-state index contributed by atoms with van der Waals surface area (Å²) >= 11 is 1.87. The molecule has 1 aromatic heterocycles. The van der Waals surface area contributed by atoms with Crippen molar-refractivity contribution < 1.29 is 0 Å². The quantitative estimate of drug-likeness (QED) is 0.855. The Morgan fingerprint density at radius 3 is 2.69 bits per heavy atom. The molecule has 16 heavy (non-hydrogen) atoms. The minimum atomic E-state index is 0.143. The first-order valence-electron chi connectivity index (χ1n) is 6.38. The maximum Gasteiger partial charge on any atom is 0.0965 e. The van der Waals surface area contributed by atoms with Crippen LogP contribution in [0.1, 0.15) is 60.1 Å². The molecule has 3 heteroatoms. The maximum absolute atomic E-state index is 5.97. The Labute approximate surface area is 101 Å². The molecule has 1 aromatic rings. The SMILES string of the molecule is Cc1nc(C2CC3CCC2C3)sc1C(C)N.